The molecule has 1 unspecified atom stereocenters. The van der Waals surface area contributed by atoms with E-state index in [4.69, 9.17) is 16.3 Å². The first kappa shape index (κ1) is 23.5. The molecule has 0 spiro atoms. The van der Waals surface area contributed by atoms with Gasteiger partial charge in [0.25, 0.3) is 21.8 Å². The van der Waals surface area contributed by atoms with Crippen LogP contribution in [0.3, 0.4) is 0 Å². The summed E-state index contributed by atoms with van der Waals surface area (Å²) >= 11 is 6.22. The van der Waals surface area contributed by atoms with Crippen LogP contribution in [0.5, 0.6) is 0 Å². The second kappa shape index (κ2) is 9.66. The molecular weight excluding hydrogens is 473 g/mol. The van der Waals surface area contributed by atoms with Crippen molar-refractivity contribution in [2.45, 2.75) is 23.8 Å². The number of carbonyl (C=O) groups is 2. The van der Waals surface area contributed by atoms with E-state index in [0.717, 1.165) is 18.6 Å². The minimum absolute atomic E-state index is 0.0533. The second-order valence-electron chi connectivity index (χ2n) is 7.87. The van der Waals surface area contributed by atoms with Crippen molar-refractivity contribution in [3.63, 3.8) is 0 Å². The Balaban J connectivity index is 1.45. The van der Waals surface area contributed by atoms with Crippen LogP contribution in [0.15, 0.2) is 47.4 Å². The van der Waals surface area contributed by atoms with Crippen LogP contribution in [0.25, 0.3) is 0 Å². The van der Waals surface area contributed by atoms with Gasteiger partial charge in [-0.1, -0.05) is 11.6 Å². The molecule has 0 aromatic heterocycles. The third-order valence-corrected chi connectivity index (χ3v) is 7.37. The maximum absolute atomic E-state index is 13.1. The van der Waals surface area contributed by atoms with Gasteiger partial charge in [-0.3, -0.25) is 14.3 Å². The van der Waals surface area contributed by atoms with Crippen LogP contribution in [0.1, 0.15) is 23.2 Å². The number of carbonyl (C=O) groups excluding carboxylic acids is 2. The third kappa shape index (κ3) is 5.29. The summed E-state index contributed by atoms with van der Waals surface area (Å²) in [6.45, 7) is 1.93. The summed E-state index contributed by atoms with van der Waals surface area (Å²) in [5.41, 5.74) is 0.240. The first-order valence-electron chi connectivity index (χ1n) is 10.5. The van der Waals surface area contributed by atoms with E-state index >= 15 is 0 Å². The smallest absolute Gasteiger partial charge is 0.261 e. The molecule has 11 heteroatoms. The Hall–Kier alpha value is -2.69. The van der Waals surface area contributed by atoms with Crippen molar-refractivity contribution in [2.24, 2.45) is 0 Å². The Kier molecular flexibility index (Phi) is 6.87. The maximum atomic E-state index is 13.1. The molecule has 0 radical (unpaired) electrons. The zero-order valence-corrected chi connectivity index (χ0v) is 19.2. The van der Waals surface area contributed by atoms with Gasteiger partial charge in [0.15, 0.2) is 0 Å². The van der Waals surface area contributed by atoms with Crippen LogP contribution >= 0.6 is 11.6 Å². The van der Waals surface area contributed by atoms with Gasteiger partial charge in [-0.25, -0.2) is 12.8 Å². The molecule has 33 heavy (non-hydrogen) atoms. The lowest BCUT2D eigenvalue weighted by Crippen LogP contribution is -2.52. The van der Waals surface area contributed by atoms with Gasteiger partial charge in [-0.15, -0.1) is 0 Å². The fraction of sp³-hybridized carbons (Fsp3) is 0.364. The standard InChI is InChI=1S/C22H23ClFN3O5S/c23-19-8-7-17(33(30,31)25-16-5-3-15(24)4-6-16)14-18(19)21(28)26-9-11-27(12-10-26)22(29)20-2-1-13-32-20/h3-8,14,20,25H,1-2,9-13H2. The Morgan fingerprint density at radius 1 is 1.03 bits per heavy atom. The number of amides is 2. The molecule has 0 saturated carbocycles. The van der Waals surface area contributed by atoms with E-state index < -0.39 is 27.9 Å². The number of benzene rings is 2. The molecule has 2 aromatic carbocycles. The SMILES string of the molecule is O=C(c1cc(S(=O)(=O)Nc2ccc(F)cc2)ccc1Cl)N1CCN(C(=O)C2CCCO2)CC1. The highest BCUT2D eigenvalue weighted by molar-refractivity contribution is 7.92. The van der Waals surface area contributed by atoms with Crippen LogP contribution in [0, 0.1) is 5.82 Å². The number of anilines is 1. The van der Waals surface area contributed by atoms with E-state index in [1.807, 2.05) is 0 Å². The molecule has 1 atom stereocenters. The van der Waals surface area contributed by atoms with E-state index in [1.54, 1.807) is 9.80 Å². The summed E-state index contributed by atoms with van der Waals surface area (Å²) in [6, 6.07) is 8.74. The fourth-order valence-corrected chi connectivity index (χ4v) is 5.13. The normalized spacial score (nSPS) is 18.9. The number of nitrogens with one attached hydrogen (secondary N) is 1. The summed E-state index contributed by atoms with van der Waals surface area (Å²) in [5.74, 6) is -0.962. The van der Waals surface area contributed by atoms with Crippen molar-refractivity contribution in [2.75, 3.05) is 37.5 Å². The van der Waals surface area contributed by atoms with Crippen molar-refractivity contribution in [1.82, 2.24) is 9.80 Å². The van der Waals surface area contributed by atoms with Crippen LogP contribution in [0.4, 0.5) is 10.1 Å². The van der Waals surface area contributed by atoms with E-state index in [0.29, 0.717) is 39.2 Å². The van der Waals surface area contributed by atoms with E-state index in [9.17, 15) is 22.4 Å². The summed E-state index contributed by atoms with van der Waals surface area (Å²) in [4.78, 5) is 28.7. The van der Waals surface area contributed by atoms with Crippen LogP contribution in [0.2, 0.25) is 5.02 Å². The number of halogens is 2. The minimum atomic E-state index is -4.03. The largest absolute Gasteiger partial charge is 0.368 e. The molecule has 2 aliphatic rings. The molecule has 2 saturated heterocycles. The molecule has 2 aromatic rings. The summed E-state index contributed by atoms with van der Waals surface area (Å²) in [6.07, 6.45) is 1.17. The van der Waals surface area contributed by atoms with Crippen molar-refractivity contribution >= 4 is 39.1 Å². The van der Waals surface area contributed by atoms with Gasteiger partial charge < -0.3 is 14.5 Å². The lowest BCUT2D eigenvalue weighted by atomic mass is 10.1. The van der Waals surface area contributed by atoms with Gasteiger partial charge in [0.2, 0.25) is 0 Å². The number of nitrogens with zero attached hydrogens (tertiary/aromatic N) is 2. The number of sulfonamides is 1. The molecule has 0 bridgehead atoms. The molecule has 1 N–H and O–H groups in total. The Bertz CT molecular complexity index is 1150. The van der Waals surface area contributed by atoms with Crippen LogP contribution in [-0.2, 0) is 19.6 Å². The van der Waals surface area contributed by atoms with Gasteiger partial charge in [0.1, 0.15) is 11.9 Å². The molecule has 2 heterocycles. The second-order valence-corrected chi connectivity index (χ2v) is 9.96. The number of hydrogen-bond acceptors (Lipinski definition) is 5. The average molecular weight is 496 g/mol. The highest BCUT2D eigenvalue weighted by Crippen LogP contribution is 2.25. The van der Waals surface area contributed by atoms with E-state index in [-0.39, 0.29) is 27.1 Å². The quantitative estimate of drug-likeness (QED) is 0.688. The predicted octanol–water partition coefficient (Wildman–Crippen LogP) is 2.74. The lowest BCUT2D eigenvalue weighted by molar-refractivity contribution is -0.142. The monoisotopic (exact) mass is 495 g/mol. The van der Waals surface area contributed by atoms with Crippen molar-refractivity contribution in [3.8, 4) is 0 Å². The highest BCUT2D eigenvalue weighted by atomic mass is 35.5. The van der Waals surface area contributed by atoms with Crippen molar-refractivity contribution in [1.29, 1.82) is 0 Å². The Morgan fingerprint density at radius 3 is 2.33 bits per heavy atom. The average Bonchev–Trinajstić information content (AvgIpc) is 3.35. The summed E-state index contributed by atoms with van der Waals surface area (Å²) < 4.78 is 46.4. The van der Waals surface area contributed by atoms with Gasteiger partial charge in [0, 0.05) is 38.5 Å². The topological polar surface area (TPSA) is 96.0 Å². The van der Waals surface area contributed by atoms with Gasteiger partial charge in [-0.2, -0.15) is 0 Å². The maximum Gasteiger partial charge on any atom is 0.261 e. The van der Waals surface area contributed by atoms with E-state index in [1.165, 1.54) is 30.3 Å². The number of piperazine rings is 1. The molecule has 2 amide bonds. The first-order valence-corrected chi connectivity index (χ1v) is 12.4. The van der Waals surface area contributed by atoms with Crippen LogP contribution in [-0.4, -0.2) is 68.9 Å². The molecule has 2 fully saturated rings. The Morgan fingerprint density at radius 2 is 1.70 bits per heavy atom. The van der Waals surface area contributed by atoms with Gasteiger partial charge in [0.05, 0.1) is 15.5 Å². The van der Waals surface area contributed by atoms with Gasteiger partial charge in [-0.05, 0) is 55.3 Å². The fourth-order valence-electron chi connectivity index (χ4n) is 3.84. The summed E-state index contributed by atoms with van der Waals surface area (Å²) in [5, 5.41) is 0.124. The third-order valence-electron chi connectivity index (χ3n) is 5.66. The van der Waals surface area contributed by atoms with Gasteiger partial charge >= 0.3 is 0 Å². The lowest BCUT2D eigenvalue weighted by Gasteiger charge is -2.36. The van der Waals surface area contributed by atoms with Crippen LogP contribution < -0.4 is 4.72 Å². The molecule has 8 nitrogen and oxygen atoms in total. The molecule has 4 rings (SSSR count). The van der Waals surface area contributed by atoms with Crippen molar-refractivity contribution < 1.29 is 27.1 Å². The molecular formula is C22H23ClFN3O5S. The number of hydrogen-bond donors (Lipinski definition) is 1. The van der Waals surface area contributed by atoms with Crippen molar-refractivity contribution in [3.05, 3.63) is 58.9 Å². The summed E-state index contributed by atoms with van der Waals surface area (Å²) in [7, 11) is -4.03. The molecule has 2 aliphatic heterocycles. The predicted molar refractivity (Wildman–Crippen MR) is 120 cm³/mol. The molecule has 0 aliphatic carbocycles. The first-order chi connectivity index (χ1) is 15.7. The highest BCUT2D eigenvalue weighted by Gasteiger charge is 2.32. The van der Waals surface area contributed by atoms with E-state index in [2.05, 4.69) is 4.72 Å². The zero-order valence-electron chi connectivity index (χ0n) is 17.7. The number of rotatable bonds is 5. The zero-order chi connectivity index (χ0) is 23.6. The number of ether oxygens (including phenoxy) is 1. The minimum Gasteiger partial charge on any atom is -0.368 e. The Labute approximate surface area is 196 Å². The molecule has 176 valence electrons.